The van der Waals surface area contributed by atoms with Crippen LogP contribution in [0.4, 0.5) is 5.82 Å². The maximum absolute atomic E-state index is 12.2. The number of nitrogens with zero attached hydrogens (tertiary/aromatic N) is 2. The number of aliphatic hydroxyl groups excluding tert-OH is 1. The number of nitrogens with two attached hydrogens (primary N) is 1. The van der Waals surface area contributed by atoms with Gasteiger partial charge in [-0.15, -0.1) is 0 Å². The van der Waals surface area contributed by atoms with Gasteiger partial charge in [0.2, 0.25) is 0 Å². The van der Waals surface area contributed by atoms with E-state index in [1.54, 1.807) is 14.2 Å². The van der Waals surface area contributed by atoms with Crippen molar-refractivity contribution in [3.05, 3.63) is 118 Å². The van der Waals surface area contributed by atoms with Crippen molar-refractivity contribution >= 4 is 5.82 Å². The van der Waals surface area contributed by atoms with E-state index in [1.807, 2.05) is 78.9 Å². The van der Waals surface area contributed by atoms with Gasteiger partial charge in [0.25, 0.3) is 0 Å². The van der Waals surface area contributed by atoms with E-state index in [9.17, 15) is 9.90 Å². The number of aromatic nitrogens is 2. The quantitative estimate of drug-likeness (QED) is 0.331. The molecule has 1 atom stereocenters. The van der Waals surface area contributed by atoms with E-state index in [0.717, 1.165) is 16.7 Å². The van der Waals surface area contributed by atoms with Crippen LogP contribution < -0.4 is 20.9 Å². The Kier molecular flexibility index (Phi) is 7.68. The first-order valence-corrected chi connectivity index (χ1v) is 11.5. The van der Waals surface area contributed by atoms with Gasteiger partial charge in [0.15, 0.2) is 0 Å². The molecule has 0 fully saturated rings. The molecule has 0 amide bonds. The molecular formula is C28H29N3O5. The second kappa shape index (κ2) is 11.1. The lowest BCUT2D eigenvalue weighted by Crippen LogP contribution is -2.38. The van der Waals surface area contributed by atoms with Crippen LogP contribution in [0.3, 0.4) is 0 Å². The van der Waals surface area contributed by atoms with Gasteiger partial charge in [0.1, 0.15) is 22.9 Å². The maximum Gasteiger partial charge on any atom is 0.349 e. The van der Waals surface area contributed by atoms with Crippen LogP contribution in [-0.2, 0) is 16.9 Å². The van der Waals surface area contributed by atoms with Crippen molar-refractivity contribution in [2.24, 2.45) is 0 Å². The van der Waals surface area contributed by atoms with E-state index in [-0.39, 0.29) is 19.0 Å². The lowest BCUT2D eigenvalue weighted by Gasteiger charge is -2.36. The van der Waals surface area contributed by atoms with Gasteiger partial charge in [-0.1, -0.05) is 54.6 Å². The summed E-state index contributed by atoms with van der Waals surface area (Å²) < 4.78 is 18.7. The second-order valence-electron chi connectivity index (χ2n) is 8.26. The van der Waals surface area contributed by atoms with Crippen LogP contribution in [0.15, 0.2) is 95.9 Å². The summed E-state index contributed by atoms with van der Waals surface area (Å²) in [6.07, 6.45) is 0.512. The monoisotopic (exact) mass is 487 g/mol. The summed E-state index contributed by atoms with van der Waals surface area (Å²) in [7, 11) is 3.23. The summed E-state index contributed by atoms with van der Waals surface area (Å²) in [5, 5.41) is 10.9. The number of aliphatic hydroxyl groups is 1. The fourth-order valence-electron chi connectivity index (χ4n) is 4.16. The molecular weight excluding hydrogens is 458 g/mol. The molecule has 0 radical (unpaired) electrons. The third-order valence-electron chi connectivity index (χ3n) is 5.97. The fourth-order valence-corrected chi connectivity index (χ4v) is 4.16. The lowest BCUT2D eigenvalue weighted by molar-refractivity contribution is -0.0426. The van der Waals surface area contributed by atoms with E-state index in [1.165, 1.54) is 16.8 Å². The number of anilines is 1. The molecule has 186 valence electrons. The van der Waals surface area contributed by atoms with E-state index in [4.69, 9.17) is 19.9 Å². The number of nitrogen functional groups attached to an aromatic ring is 1. The Hall–Kier alpha value is -4.14. The van der Waals surface area contributed by atoms with Crippen LogP contribution in [0.5, 0.6) is 11.5 Å². The minimum atomic E-state index is -1.06. The maximum atomic E-state index is 12.2. The van der Waals surface area contributed by atoms with Gasteiger partial charge in [-0.05, 0) is 47.0 Å². The third-order valence-corrected chi connectivity index (χ3v) is 5.97. The molecule has 1 heterocycles. The Balaban J connectivity index is 1.76. The largest absolute Gasteiger partial charge is 0.497 e. The topological polar surface area (TPSA) is 109 Å². The Morgan fingerprint density at radius 2 is 1.39 bits per heavy atom. The summed E-state index contributed by atoms with van der Waals surface area (Å²) >= 11 is 0. The molecule has 0 saturated carbocycles. The molecule has 3 N–H and O–H groups in total. The van der Waals surface area contributed by atoms with Crippen LogP contribution in [0.25, 0.3) is 0 Å². The van der Waals surface area contributed by atoms with Crippen molar-refractivity contribution in [1.82, 2.24) is 9.55 Å². The van der Waals surface area contributed by atoms with Crippen LogP contribution in [0, 0.1) is 0 Å². The number of methoxy groups -OCH3 is 2. The van der Waals surface area contributed by atoms with Gasteiger partial charge in [0, 0.05) is 6.20 Å². The minimum absolute atomic E-state index is 0.00219. The van der Waals surface area contributed by atoms with Crippen molar-refractivity contribution in [3.63, 3.8) is 0 Å². The summed E-state index contributed by atoms with van der Waals surface area (Å²) in [6.45, 7) is -0.0635. The molecule has 0 aliphatic carbocycles. The number of ether oxygens (including phenoxy) is 3. The van der Waals surface area contributed by atoms with E-state index >= 15 is 0 Å². The number of hydrogen-bond acceptors (Lipinski definition) is 7. The molecule has 0 unspecified atom stereocenters. The van der Waals surface area contributed by atoms with Gasteiger partial charge in [-0.2, -0.15) is 4.98 Å². The average Bonchev–Trinajstić information content (AvgIpc) is 2.92. The Bertz CT molecular complexity index is 1270. The predicted octanol–water partition coefficient (Wildman–Crippen LogP) is 3.21. The van der Waals surface area contributed by atoms with Gasteiger partial charge < -0.3 is 25.1 Å². The smallest absolute Gasteiger partial charge is 0.349 e. The van der Waals surface area contributed by atoms with Crippen LogP contribution in [0.2, 0.25) is 0 Å². The molecule has 1 aromatic heterocycles. The first kappa shape index (κ1) is 25.0. The fraction of sp³-hybridized carbons (Fsp3) is 0.214. The predicted molar refractivity (Wildman–Crippen MR) is 137 cm³/mol. The zero-order valence-corrected chi connectivity index (χ0v) is 20.2. The van der Waals surface area contributed by atoms with Crippen molar-refractivity contribution in [2.75, 3.05) is 26.6 Å². The highest BCUT2D eigenvalue weighted by molar-refractivity contribution is 5.49. The van der Waals surface area contributed by atoms with Gasteiger partial charge in [-0.25, -0.2) is 4.79 Å². The van der Waals surface area contributed by atoms with E-state index in [2.05, 4.69) is 4.98 Å². The molecule has 8 nitrogen and oxygen atoms in total. The van der Waals surface area contributed by atoms with Crippen LogP contribution in [0.1, 0.15) is 16.7 Å². The number of benzene rings is 3. The summed E-state index contributed by atoms with van der Waals surface area (Å²) in [5.74, 6) is 1.56. The van der Waals surface area contributed by atoms with E-state index in [0.29, 0.717) is 11.5 Å². The zero-order chi connectivity index (χ0) is 25.5. The second-order valence-corrected chi connectivity index (χ2v) is 8.26. The summed E-state index contributed by atoms with van der Waals surface area (Å²) in [5.41, 5.74) is 6.55. The molecule has 4 rings (SSSR count). The number of rotatable bonds is 10. The molecule has 8 heteroatoms. The molecule has 0 aliphatic rings. The van der Waals surface area contributed by atoms with Gasteiger partial charge in [0.05, 0.1) is 33.5 Å². The Labute approximate surface area is 209 Å². The van der Waals surface area contributed by atoms with Crippen LogP contribution in [-0.4, -0.2) is 41.6 Å². The molecule has 36 heavy (non-hydrogen) atoms. The minimum Gasteiger partial charge on any atom is -0.497 e. The van der Waals surface area contributed by atoms with Crippen molar-refractivity contribution in [1.29, 1.82) is 0 Å². The first-order valence-electron chi connectivity index (χ1n) is 11.5. The highest BCUT2D eigenvalue weighted by Crippen LogP contribution is 2.41. The Morgan fingerprint density at radius 3 is 1.89 bits per heavy atom. The summed E-state index contributed by atoms with van der Waals surface area (Å²) in [6, 6.07) is 26.5. The van der Waals surface area contributed by atoms with E-state index < -0.39 is 17.4 Å². The SMILES string of the molecule is COc1ccc(C(OC[C@@H](O)Cn2ccc(N)nc2=O)(c2ccccc2)c2ccc(OC)cc2)cc1. The molecule has 4 aromatic rings. The van der Waals surface area contributed by atoms with Crippen LogP contribution >= 0.6 is 0 Å². The molecule has 0 aliphatic heterocycles. The van der Waals surface area contributed by atoms with Crippen molar-refractivity contribution < 1.29 is 19.3 Å². The summed E-state index contributed by atoms with van der Waals surface area (Å²) in [4.78, 5) is 15.9. The highest BCUT2D eigenvalue weighted by Gasteiger charge is 2.38. The molecule has 3 aromatic carbocycles. The first-order chi connectivity index (χ1) is 17.5. The molecule has 0 spiro atoms. The third kappa shape index (κ3) is 5.25. The highest BCUT2D eigenvalue weighted by atomic mass is 16.5. The molecule has 0 bridgehead atoms. The molecule has 0 saturated heterocycles. The average molecular weight is 488 g/mol. The number of hydrogen-bond donors (Lipinski definition) is 2. The van der Waals surface area contributed by atoms with Crippen molar-refractivity contribution in [3.8, 4) is 11.5 Å². The van der Waals surface area contributed by atoms with Gasteiger partial charge in [-0.3, -0.25) is 4.57 Å². The zero-order valence-electron chi connectivity index (χ0n) is 20.2. The van der Waals surface area contributed by atoms with Crippen molar-refractivity contribution in [2.45, 2.75) is 18.2 Å². The normalized spacial score (nSPS) is 12.2. The lowest BCUT2D eigenvalue weighted by atomic mass is 9.80. The Morgan fingerprint density at radius 1 is 0.861 bits per heavy atom. The van der Waals surface area contributed by atoms with Gasteiger partial charge >= 0.3 is 5.69 Å². The standard InChI is InChI=1S/C28H29N3O5/c1-34-24-12-8-21(9-13-24)28(20-6-4-3-5-7-20,22-10-14-25(35-2)15-11-22)36-19-23(32)18-31-17-16-26(29)30-27(31)33/h3-17,23,32H,18-19H2,1-2H3,(H2,29,30,33)/t23-/m0/s1.